The molecule has 226 valence electrons. The fourth-order valence-electron chi connectivity index (χ4n) is 4.13. The van der Waals surface area contributed by atoms with Crippen LogP contribution in [0.5, 0.6) is 5.75 Å². The normalized spacial score (nSPS) is 13.5. The maximum absolute atomic E-state index is 13.1. The van der Waals surface area contributed by atoms with E-state index in [9.17, 15) is 31.5 Å². The third-order valence-electron chi connectivity index (χ3n) is 6.43. The van der Waals surface area contributed by atoms with E-state index in [1.54, 1.807) is 37.4 Å². The molecule has 0 aromatic heterocycles. The van der Waals surface area contributed by atoms with Gasteiger partial charge in [-0.15, -0.1) is 0 Å². The number of hydrogen-bond donors (Lipinski definition) is 3. The van der Waals surface area contributed by atoms with E-state index in [4.69, 9.17) is 14.6 Å². The van der Waals surface area contributed by atoms with Gasteiger partial charge in [-0.05, 0) is 66.6 Å². The molecule has 0 spiro atoms. The number of ether oxygens (including phenoxy) is 1. The van der Waals surface area contributed by atoms with Crippen molar-refractivity contribution in [3.05, 3.63) is 77.9 Å². The van der Waals surface area contributed by atoms with Gasteiger partial charge >= 0.3 is 18.1 Å². The summed E-state index contributed by atoms with van der Waals surface area (Å²) in [5.41, 5.74) is 3.04. The molecule has 0 amide bonds. The minimum absolute atomic E-state index is 0.0182. The number of benzene rings is 3. The van der Waals surface area contributed by atoms with Gasteiger partial charge in [0.1, 0.15) is 5.75 Å². The second-order valence-corrected chi connectivity index (χ2v) is 10.8. The second-order valence-electron chi connectivity index (χ2n) is 9.12. The van der Waals surface area contributed by atoms with Gasteiger partial charge < -0.3 is 24.7 Å². The number of alkyl halides is 3. The number of carboxylic acid groups (broad SMARTS) is 2. The first-order valence-electron chi connectivity index (χ1n) is 12.7. The van der Waals surface area contributed by atoms with Crippen molar-refractivity contribution in [3.8, 4) is 5.75 Å². The third kappa shape index (κ3) is 8.28. The third-order valence-corrected chi connectivity index (χ3v) is 7.81. The number of hydrogen-bond acceptors (Lipinski definition) is 7. The van der Waals surface area contributed by atoms with Crippen molar-refractivity contribution in [2.45, 2.75) is 24.4 Å². The molecular weight excluding hydrogens is 579 g/mol. The number of aryl methyl sites for hydroxylation is 1. The molecule has 0 saturated carbocycles. The van der Waals surface area contributed by atoms with Crippen molar-refractivity contribution in [2.24, 2.45) is 0 Å². The van der Waals surface area contributed by atoms with E-state index in [-0.39, 0.29) is 16.1 Å². The molecule has 10 nitrogen and oxygen atoms in total. The number of nitrogens with zero attached hydrogens (tertiary/aromatic N) is 2. The highest BCUT2D eigenvalue weighted by atomic mass is 32.2. The Hall–Kier alpha value is -4.46. The van der Waals surface area contributed by atoms with Crippen LogP contribution in [0.3, 0.4) is 0 Å². The van der Waals surface area contributed by atoms with Gasteiger partial charge in [0.15, 0.2) is 0 Å². The Morgan fingerprint density at radius 2 is 1.45 bits per heavy atom. The highest BCUT2D eigenvalue weighted by Gasteiger charge is 2.38. The lowest BCUT2D eigenvalue weighted by Gasteiger charge is -2.38. The van der Waals surface area contributed by atoms with Crippen LogP contribution in [-0.4, -0.2) is 70.0 Å². The van der Waals surface area contributed by atoms with Gasteiger partial charge in [0.2, 0.25) is 0 Å². The van der Waals surface area contributed by atoms with E-state index in [0.717, 1.165) is 36.5 Å². The Labute approximate surface area is 241 Å². The van der Waals surface area contributed by atoms with Crippen LogP contribution in [0.4, 0.5) is 30.2 Å². The molecule has 1 aliphatic heterocycles. The predicted molar refractivity (Wildman–Crippen MR) is 151 cm³/mol. The number of aromatic carboxylic acids is 1. The largest absolute Gasteiger partial charge is 0.497 e. The van der Waals surface area contributed by atoms with Crippen molar-refractivity contribution < 1.29 is 46.1 Å². The van der Waals surface area contributed by atoms with Gasteiger partial charge in [-0.3, -0.25) is 4.72 Å². The number of nitrogens with one attached hydrogen (secondary N) is 1. The van der Waals surface area contributed by atoms with Crippen molar-refractivity contribution in [3.63, 3.8) is 0 Å². The quantitative estimate of drug-likeness (QED) is 0.332. The van der Waals surface area contributed by atoms with E-state index in [0.29, 0.717) is 18.8 Å². The Morgan fingerprint density at radius 3 is 1.93 bits per heavy atom. The van der Waals surface area contributed by atoms with E-state index < -0.39 is 28.1 Å². The maximum atomic E-state index is 13.1. The summed E-state index contributed by atoms with van der Waals surface area (Å²) in [5.74, 6) is -3.08. The monoisotopic (exact) mass is 609 g/mol. The zero-order valence-corrected chi connectivity index (χ0v) is 23.6. The molecule has 0 aliphatic carbocycles. The highest BCUT2D eigenvalue weighted by molar-refractivity contribution is 7.92. The summed E-state index contributed by atoms with van der Waals surface area (Å²) in [5, 5.41) is 16.6. The molecule has 0 unspecified atom stereocenters. The molecule has 1 aliphatic rings. The number of halogens is 3. The number of anilines is 3. The molecule has 3 aromatic rings. The van der Waals surface area contributed by atoms with Gasteiger partial charge in [0, 0.05) is 31.9 Å². The Morgan fingerprint density at radius 1 is 0.905 bits per heavy atom. The first kappa shape index (κ1) is 32.1. The number of aliphatic carboxylic acids is 1. The molecule has 4 rings (SSSR count). The molecular formula is C28H30F3N3O7S. The molecule has 0 atom stereocenters. The van der Waals surface area contributed by atoms with Gasteiger partial charge in [0.25, 0.3) is 10.0 Å². The lowest BCUT2D eigenvalue weighted by atomic mass is 10.1. The highest BCUT2D eigenvalue weighted by Crippen LogP contribution is 2.31. The minimum atomic E-state index is -5.08. The molecule has 14 heteroatoms. The number of sulfonamides is 1. The second kappa shape index (κ2) is 13.5. The van der Waals surface area contributed by atoms with Crippen molar-refractivity contribution in [2.75, 3.05) is 47.8 Å². The summed E-state index contributed by atoms with van der Waals surface area (Å²) in [6.45, 7) is 4.77. The average molecular weight is 610 g/mol. The molecule has 1 fully saturated rings. The van der Waals surface area contributed by atoms with Crippen LogP contribution >= 0.6 is 0 Å². The summed E-state index contributed by atoms with van der Waals surface area (Å²) < 4.78 is 65.8. The molecule has 1 heterocycles. The SMILES string of the molecule is CCc1ccc(S(=O)(=O)Nc2cc(C(=O)O)ccc2N2CCN(c3ccc(OC)cc3)CC2)cc1.O=C(O)C(F)(F)F. The van der Waals surface area contributed by atoms with Gasteiger partial charge in [-0.2, -0.15) is 13.2 Å². The number of piperazine rings is 1. The first-order valence-corrected chi connectivity index (χ1v) is 14.2. The van der Waals surface area contributed by atoms with Crippen molar-refractivity contribution >= 4 is 39.0 Å². The number of methoxy groups -OCH3 is 1. The fourth-order valence-corrected chi connectivity index (χ4v) is 5.20. The van der Waals surface area contributed by atoms with E-state index in [2.05, 4.69) is 14.5 Å². The Bertz CT molecular complexity index is 1490. The molecule has 1 saturated heterocycles. The molecule has 3 N–H and O–H groups in total. The van der Waals surface area contributed by atoms with Crippen LogP contribution in [-0.2, 0) is 21.2 Å². The van der Waals surface area contributed by atoms with Crippen molar-refractivity contribution in [1.29, 1.82) is 0 Å². The summed E-state index contributed by atoms with van der Waals surface area (Å²) in [7, 11) is -2.26. The summed E-state index contributed by atoms with van der Waals surface area (Å²) in [6.07, 6.45) is -4.28. The first-order chi connectivity index (χ1) is 19.7. The van der Waals surface area contributed by atoms with Crippen LogP contribution in [0.15, 0.2) is 71.6 Å². The number of carbonyl (C=O) groups is 2. The fraction of sp³-hybridized carbons (Fsp3) is 0.286. The molecule has 3 aromatic carbocycles. The Balaban J connectivity index is 0.000000616. The van der Waals surface area contributed by atoms with Crippen LogP contribution in [0.2, 0.25) is 0 Å². The number of carboxylic acids is 2. The summed E-state index contributed by atoms with van der Waals surface area (Å²) >= 11 is 0. The van der Waals surface area contributed by atoms with Crippen LogP contribution in [0, 0.1) is 0 Å². The topological polar surface area (TPSA) is 136 Å². The van der Waals surface area contributed by atoms with Crippen molar-refractivity contribution in [1.82, 2.24) is 0 Å². The zero-order chi connectivity index (χ0) is 31.1. The van der Waals surface area contributed by atoms with E-state index >= 15 is 0 Å². The number of rotatable bonds is 8. The predicted octanol–water partition coefficient (Wildman–Crippen LogP) is 4.72. The summed E-state index contributed by atoms with van der Waals surface area (Å²) in [4.78, 5) is 24.9. The Kier molecular flexibility index (Phi) is 10.3. The lowest BCUT2D eigenvalue weighted by Crippen LogP contribution is -2.46. The van der Waals surface area contributed by atoms with Crippen LogP contribution < -0.4 is 19.3 Å². The maximum Gasteiger partial charge on any atom is 0.490 e. The van der Waals surface area contributed by atoms with Gasteiger partial charge in [-0.1, -0.05) is 19.1 Å². The van der Waals surface area contributed by atoms with Gasteiger partial charge in [0.05, 0.1) is 28.9 Å². The van der Waals surface area contributed by atoms with E-state index in [1.165, 1.54) is 12.1 Å². The molecule has 42 heavy (non-hydrogen) atoms. The zero-order valence-electron chi connectivity index (χ0n) is 22.8. The standard InChI is InChI=1S/C26H29N3O5S.C2HF3O2/c1-3-19-4-11-23(12-5-19)35(32,33)27-24-18-20(26(30)31)6-13-25(24)29-16-14-28(15-17-29)21-7-9-22(34-2)10-8-21;3-2(4,5)1(6)7/h4-13,18,27H,3,14-17H2,1-2H3,(H,30,31);(H,6,7). The summed E-state index contributed by atoms with van der Waals surface area (Å²) in [6, 6.07) is 19.1. The van der Waals surface area contributed by atoms with Gasteiger partial charge in [-0.25, -0.2) is 18.0 Å². The van der Waals surface area contributed by atoms with Crippen LogP contribution in [0.1, 0.15) is 22.8 Å². The average Bonchev–Trinajstić information content (AvgIpc) is 2.97. The molecule has 0 radical (unpaired) electrons. The lowest BCUT2D eigenvalue weighted by molar-refractivity contribution is -0.192. The minimum Gasteiger partial charge on any atom is -0.497 e. The molecule has 0 bridgehead atoms. The van der Waals surface area contributed by atoms with E-state index in [1.807, 2.05) is 31.2 Å². The smallest absolute Gasteiger partial charge is 0.490 e. The van der Waals surface area contributed by atoms with Crippen LogP contribution in [0.25, 0.3) is 0 Å².